The molecular weight excluding hydrogens is 1180 g/mol. The van der Waals surface area contributed by atoms with Crippen LogP contribution in [0.1, 0.15) is 169 Å². The number of hydrogen-bond acceptors (Lipinski definition) is 13. The number of fused-ring (bicyclic) bond motifs is 9. The summed E-state index contributed by atoms with van der Waals surface area (Å²) in [5.41, 5.74) is 8.59. The zero-order chi connectivity index (χ0) is 65.2. The molecule has 2 saturated heterocycles. The SMILES string of the molecule is CCCNCc1cc2cc(c1)[C@@H]1NC[C@](C)(O)CC#C[C@H]3[C@@H](CC[C@H]4CCCC[C@]43O)[C@@H]3C[C@]([C@@H]4CCN[C@H](NC)C4)(C/C=C4\OC(=O)C5=C4CC[C@H]4[C@H]6CC[C@]7(C(=C6c6cc(O)ccc6-c6cccc(c6)CNCC2)C(=O)O/C7=C\[C@H](CCO)Cc2ccccc2)[C@@H]54)C[C@@H]31. The van der Waals surface area contributed by atoms with Crippen molar-refractivity contribution < 1.29 is 39.5 Å². The fraction of sp³-hybridized carbons (Fsp3) is 0.561. The molecule has 13 nitrogen and oxygen atoms in total. The third-order valence-electron chi connectivity index (χ3n) is 25.7. The first-order chi connectivity index (χ1) is 46.2. The molecule has 502 valence electrons. The van der Waals surface area contributed by atoms with Crippen molar-refractivity contribution in [3.8, 4) is 28.7 Å². The van der Waals surface area contributed by atoms with Gasteiger partial charge in [-0.1, -0.05) is 104 Å². The molecule has 4 saturated carbocycles. The number of carbonyl (C=O) groups is 2. The summed E-state index contributed by atoms with van der Waals surface area (Å²) in [6.45, 7) is 8.38. The molecule has 0 aromatic heterocycles. The summed E-state index contributed by atoms with van der Waals surface area (Å²) in [5.74, 6) is 7.98. The van der Waals surface area contributed by atoms with Gasteiger partial charge in [0, 0.05) is 55.8 Å². The second-order valence-electron chi connectivity index (χ2n) is 31.3. The van der Waals surface area contributed by atoms with Crippen molar-refractivity contribution in [1.82, 2.24) is 26.6 Å². The van der Waals surface area contributed by atoms with Crippen molar-refractivity contribution >= 4 is 17.5 Å². The monoisotopic (exact) mass is 1280 g/mol. The van der Waals surface area contributed by atoms with Crippen LogP contribution in [0.4, 0.5) is 0 Å². The molecule has 6 aliphatic heterocycles. The number of ether oxygens (including phenoxy) is 2. The fourth-order valence-corrected chi connectivity index (χ4v) is 21.5. The Bertz CT molecular complexity index is 3780. The average Bonchev–Trinajstić information content (AvgIpc) is 1.59. The number of aliphatic hydroxyl groups is 3. The van der Waals surface area contributed by atoms with Gasteiger partial charge in [0.25, 0.3) is 0 Å². The molecule has 4 aromatic rings. The van der Waals surface area contributed by atoms with E-state index in [2.05, 4.69) is 119 Å². The molecule has 13 aliphatic rings. The number of rotatable bonds is 11. The summed E-state index contributed by atoms with van der Waals surface area (Å²) in [6, 6.07) is 31.7. The first kappa shape index (κ1) is 64.8. The van der Waals surface area contributed by atoms with Gasteiger partial charge in [-0.25, -0.2) is 9.59 Å². The number of phenols is 1. The molecule has 6 fully saturated rings. The predicted octanol–water partition coefficient (Wildman–Crippen LogP) is 12.2. The van der Waals surface area contributed by atoms with Crippen LogP contribution in [-0.2, 0) is 45.0 Å². The summed E-state index contributed by atoms with van der Waals surface area (Å²) >= 11 is 0. The second-order valence-corrected chi connectivity index (χ2v) is 31.3. The van der Waals surface area contributed by atoms with E-state index in [0.717, 1.165) is 155 Å². The number of β-amino-alcohol motifs (C(OH)–C–C–N with tert-alkyl or cyclic N) is 1. The molecule has 7 aliphatic carbocycles. The Hall–Kier alpha value is -6.18. The standard InChI is InChI=1S/C82H101N5O8/c1-4-33-84-48-54-38-51-26-34-85-47-53-14-10-15-55(40-53)60-21-19-59(89)44-65(60)72-62-24-32-81(70(95-78(91)75(72)81)42-52(28-36-88)37-50-12-6-5-7-13-50)74-63(62)22-23-64-69(94-77(90)73(64)74)25-31-80(58-27-35-86-71(43-58)83-3)45-66-61-20-18-57-16-8-9-30-82(57,93)68(61)17-11-29-79(2,92)49-87-76(67(66)46-80)56(39-51)41-54/h5-7,10,12-15,19,21,25,38-42,44,52,57-58,61-63,66-68,71,74,76,83-89,92-93H,4,8-9,16,18,20,22-24,26-37,43,45-49H2,1-3H3/b69-25-,70-42-/t52-,57-,58-,61+,62-,63+,66+,67+,68+,71+,74-,76+,79-,80-,81-,82+/m1/s1. The van der Waals surface area contributed by atoms with Gasteiger partial charge in [-0.3, -0.25) is 0 Å². The highest BCUT2D eigenvalue weighted by molar-refractivity contribution is 6.07. The normalized spacial score (nSPS) is 36.3. The molecule has 95 heavy (non-hydrogen) atoms. The minimum absolute atomic E-state index is 0.0423. The number of piperidine rings is 1. The number of phenolic OH excluding ortho intramolecular Hbond substituents is 1. The molecule has 4 aromatic carbocycles. The maximum Gasteiger partial charge on any atom is 0.340 e. The smallest absolute Gasteiger partial charge is 0.340 e. The summed E-state index contributed by atoms with van der Waals surface area (Å²) in [7, 11) is 2.07. The van der Waals surface area contributed by atoms with Crippen LogP contribution in [-0.4, -0.2) is 89.6 Å². The molecule has 0 unspecified atom stereocenters. The van der Waals surface area contributed by atoms with Gasteiger partial charge in [-0.05, 0) is 276 Å². The number of carbonyl (C=O) groups excluding carboxylic acids is 2. The van der Waals surface area contributed by atoms with E-state index in [1.807, 2.05) is 37.3 Å². The van der Waals surface area contributed by atoms with Crippen LogP contribution < -0.4 is 26.6 Å². The molecule has 14 bridgehead atoms. The number of esters is 2. The van der Waals surface area contributed by atoms with Crippen molar-refractivity contribution in [2.75, 3.05) is 39.8 Å². The van der Waals surface area contributed by atoms with Crippen LogP contribution in [0.5, 0.6) is 5.75 Å². The molecule has 17 rings (SSSR count). The largest absolute Gasteiger partial charge is 0.508 e. The number of nitrogens with one attached hydrogen (secondary N) is 5. The van der Waals surface area contributed by atoms with Crippen LogP contribution >= 0.6 is 0 Å². The van der Waals surface area contributed by atoms with Gasteiger partial charge in [-0.15, -0.1) is 0 Å². The van der Waals surface area contributed by atoms with E-state index in [9.17, 15) is 20.4 Å². The lowest BCUT2D eigenvalue weighted by Gasteiger charge is -2.56. The Balaban J connectivity index is 0.929. The zero-order valence-corrected chi connectivity index (χ0v) is 56.3. The second kappa shape index (κ2) is 26.6. The summed E-state index contributed by atoms with van der Waals surface area (Å²) in [6.07, 6.45) is 21.0. The molecule has 0 amide bonds. The van der Waals surface area contributed by atoms with Gasteiger partial charge in [-0.2, -0.15) is 0 Å². The van der Waals surface area contributed by atoms with Crippen LogP contribution in [0.15, 0.2) is 131 Å². The topological polar surface area (TPSA) is 194 Å². The third-order valence-corrected chi connectivity index (χ3v) is 25.7. The first-order valence-corrected chi connectivity index (χ1v) is 36.7. The Morgan fingerprint density at radius 1 is 0.789 bits per heavy atom. The fourth-order valence-electron chi connectivity index (χ4n) is 21.5. The summed E-state index contributed by atoms with van der Waals surface area (Å²) in [5, 5.41) is 67.6. The zero-order valence-electron chi connectivity index (χ0n) is 56.3. The van der Waals surface area contributed by atoms with Crippen molar-refractivity contribution in [1.29, 1.82) is 0 Å². The lowest BCUT2D eigenvalue weighted by Crippen LogP contribution is -2.54. The quantitative estimate of drug-likeness (QED) is 0.0392. The van der Waals surface area contributed by atoms with Gasteiger partial charge in [0.1, 0.15) is 17.3 Å². The third kappa shape index (κ3) is 11.9. The highest BCUT2D eigenvalue weighted by Crippen LogP contribution is 2.73. The van der Waals surface area contributed by atoms with Crippen molar-refractivity contribution in [3.05, 3.63) is 165 Å². The predicted molar refractivity (Wildman–Crippen MR) is 370 cm³/mol. The summed E-state index contributed by atoms with van der Waals surface area (Å²) < 4.78 is 13.7. The molecule has 16 atom stereocenters. The Morgan fingerprint density at radius 2 is 1.66 bits per heavy atom. The number of aromatic hydroxyl groups is 1. The lowest BCUT2D eigenvalue weighted by molar-refractivity contribution is -0.135. The van der Waals surface area contributed by atoms with E-state index in [4.69, 9.17) is 9.47 Å². The maximum absolute atomic E-state index is 15.7. The minimum Gasteiger partial charge on any atom is -0.508 e. The number of hydrogen-bond donors (Lipinski definition) is 9. The van der Waals surface area contributed by atoms with Crippen molar-refractivity contribution in [3.63, 3.8) is 0 Å². The van der Waals surface area contributed by atoms with E-state index in [1.165, 1.54) is 16.7 Å². The first-order valence-electron chi connectivity index (χ1n) is 36.7. The molecule has 9 N–H and O–H groups in total. The molecule has 6 heterocycles. The van der Waals surface area contributed by atoms with E-state index in [0.29, 0.717) is 80.2 Å². The van der Waals surface area contributed by atoms with E-state index >= 15 is 9.59 Å². The maximum atomic E-state index is 15.7. The van der Waals surface area contributed by atoms with Gasteiger partial charge in [0.05, 0.1) is 34.3 Å². The van der Waals surface area contributed by atoms with Gasteiger partial charge >= 0.3 is 11.9 Å². The number of aliphatic hydroxyl groups excluding tert-OH is 1. The van der Waals surface area contributed by atoms with Crippen LogP contribution in [0, 0.1) is 81.8 Å². The Labute approximate surface area is 562 Å². The molecular formula is C82H101N5O8. The molecule has 0 radical (unpaired) electrons. The van der Waals surface area contributed by atoms with Crippen molar-refractivity contribution in [2.24, 2.45) is 70.0 Å². The van der Waals surface area contributed by atoms with E-state index in [-0.39, 0.29) is 83.3 Å². The van der Waals surface area contributed by atoms with Crippen LogP contribution in [0.2, 0.25) is 0 Å². The Morgan fingerprint density at radius 3 is 2.52 bits per heavy atom. The average molecular weight is 1280 g/mol. The molecule has 1 spiro atoms. The van der Waals surface area contributed by atoms with Crippen LogP contribution in [0.25, 0.3) is 16.7 Å². The Kier molecular flexibility index (Phi) is 18.1. The minimum atomic E-state index is -1.13. The lowest BCUT2D eigenvalue weighted by atomic mass is 9.44. The van der Waals surface area contributed by atoms with E-state index in [1.54, 1.807) is 6.07 Å². The van der Waals surface area contributed by atoms with Gasteiger partial charge in [0.15, 0.2) is 0 Å². The number of benzene rings is 4. The van der Waals surface area contributed by atoms with Gasteiger partial charge < -0.3 is 56.5 Å². The van der Waals surface area contributed by atoms with Crippen molar-refractivity contribution in [2.45, 2.75) is 179 Å². The van der Waals surface area contributed by atoms with E-state index < -0.39 is 28.5 Å². The van der Waals surface area contributed by atoms with Crippen LogP contribution in [0.3, 0.4) is 0 Å². The highest BCUT2D eigenvalue weighted by Gasteiger charge is 2.69. The highest BCUT2D eigenvalue weighted by atomic mass is 16.6. The number of cyclic esters (lactones) is 1. The van der Waals surface area contributed by atoms with Gasteiger partial charge in [0.2, 0.25) is 0 Å². The molecule has 13 heteroatoms. The number of allylic oxidation sites excluding steroid dienone is 5. The summed E-state index contributed by atoms with van der Waals surface area (Å²) in [4.78, 5) is 31.3.